The fourth-order valence-electron chi connectivity index (χ4n) is 1.28. The lowest BCUT2D eigenvalue weighted by atomic mass is 10.1. The molecule has 0 aromatic heterocycles. The van der Waals surface area contributed by atoms with E-state index in [1.54, 1.807) is 0 Å². The summed E-state index contributed by atoms with van der Waals surface area (Å²) in [6.07, 6.45) is 2.52. The summed E-state index contributed by atoms with van der Waals surface area (Å²) in [5.41, 5.74) is 0. The zero-order chi connectivity index (χ0) is 13.1. The molecule has 0 aromatic carbocycles. The quantitative estimate of drug-likeness (QED) is 0.463. The molecule has 0 saturated carbocycles. The number of amides is 1. The van der Waals surface area contributed by atoms with Crippen LogP contribution in [0.4, 0.5) is 0 Å². The van der Waals surface area contributed by atoms with Crippen molar-refractivity contribution >= 4 is 11.9 Å². The first-order valence-corrected chi connectivity index (χ1v) is 5.84. The largest absolute Gasteiger partial charge is 0.459 e. The van der Waals surface area contributed by atoms with Crippen LogP contribution in [0.1, 0.15) is 32.6 Å². The first-order chi connectivity index (χ1) is 8.13. The van der Waals surface area contributed by atoms with Gasteiger partial charge in [0, 0.05) is 19.2 Å². The van der Waals surface area contributed by atoms with Crippen molar-refractivity contribution in [3.8, 4) is 0 Å². The summed E-state index contributed by atoms with van der Waals surface area (Å²) in [6.45, 7) is 5.88. The fourth-order valence-corrected chi connectivity index (χ4v) is 1.28. The number of nitrogens with one attached hydrogen (secondary N) is 1. The molecule has 2 N–H and O–H groups in total. The van der Waals surface area contributed by atoms with Gasteiger partial charge in [-0.3, -0.25) is 4.79 Å². The Bertz CT molecular complexity index is 253. The van der Waals surface area contributed by atoms with Crippen molar-refractivity contribution in [1.82, 2.24) is 5.32 Å². The monoisotopic (exact) mass is 243 g/mol. The normalized spacial score (nSPS) is 11.6. The molecule has 0 aliphatic rings. The third-order valence-corrected chi connectivity index (χ3v) is 2.12. The van der Waals surface area contributed by atoms with Gasteiger partial charge in [0.15, 0.2) is 0 Å². The van der Waals surface area contributed by atoms with Gasteiger partial charge in [0.05, 0.1) is 6.42 Å². The van der Waals surface area contributed by atoms with E-state index in [0.29, 0.717) is 19.4 Å². The number of ether oxygens (including phenoxy) is 1. The molecule has 0 radical (unpaired) electrons. The molecule has 5 nitrogen and oxygen atoms in total. The Labute approximate surface area is 102 Å². The van der Waals surface area contributed by atoms with E-state index >= 15 is 0 Å². The van der Waals surface area contributed by atoms with Gasteiger partial charge in [-0.25, -0.2) is 4.79 Å². The molecule has 0 aromatic rings. The first-order valence-electron chi connectivity index (χ1n) is 5.84. The van der Waals surface area contributed by atoms with Gasteiger partial charge in [-0.1, -0.05) is 13.5 Å². The van der Waals surface area contributed by atoms with Gasteiger partial charge in [0.1, 0.15) is 6.10 Å². The topological polar surface area (TPSA) is 75.6 Å². The standard InChI is InChI=1S/C12H21NO4/c1-3-7-13-11(15)9-10(6-5-8-14)17-12(16)4-2/h4,10,14H,2-3,5-9H2,1H3,(H,13,15). The van der Waals surface area contributed by atoms with Crippen LogP contribution in [-0.4, -0.2) is 36.2 Å². The highest BCUT2D eigenvalue weighted by Crippen LogP contribution is 2.07. The molecule has 0 rings (SSSR count). The molecule has 1 atom stereocenters. The average Bonchev–Trinajstić information content (AvgIpc) is 2.33. The Morgan fingerprint density at radius 1 is 1.53 bits per heavy atom. The maximum absolute atomic E-state index is 11.5. The zero-order valence-corrected chi connectivity index (χ0v) is 10.3. The van der Waals surface area contributed by atoms with Crippen molar-refractivity contribution in [2.75, 3.05) is 13.2 Å². The summed E-state index contributed by atoms with van der Waals surface area (Å²) in [5, 5.41) is 11.4. The number of carbonyl (C=O) groups excluding carboxylic acids is 2. The predicted molar refractivity (Wildman–Crippen MR) is 64.3 cm³/mol. The van der Waals surface area contributed by atoms with Gasteiger partial charge in [0.2, 0.25) is 5.91 Å². The highest BCUT2D eigenvalue weighted by molar-refractivity contribution is 5.82. The summed E-state index contributed by atoms with van der Waals surface area (Å²) >= 11 is 0. The Kier molecular flexibility index (Phi) is 9.05. The molecule has 17 heavy (non-hydrogen) atoms. The van der Waals surface area contributed by atoms with E-state index in [4.69, 9.17) is 9.84 Å². The van der Waals surface area contributed by atoms with E-state index in [9.17, 15) is 9.59 Å². The van der Waals surface area contributed by atoms with E-state index in [1.807, 2.05) is 6.92 Å². The van der Waals surface area contributed by atoms with Crippen LogP contribution < -0.4 is 5.32 Å². The average molecular weight is 243 g/mol. The predicted octanol–water partition coefficient (Wildman–Crippen LogP) is 0.773. The van der Waals surface area contributed by atoms with Crippen LogP contribution in [0.25, 0.3) is 0 Å². The maximum atomic E-state index is 11.5. The van der Waals surface area contributed by atoms with E-state index in [1.165, 1.54) is 0 Å². The minimum Gasteiger partial charge on any atom is -0.459 e. The number of esters is 1. The molecular weight excluding hydrogens is 222 g/mol. The second kappa shape index (κ2) is 9.84. The number of carbonyl (C=O) groups is 2. The fraction of sp³-hybridized carbons (Fsp3) is 0.667. The molecule has 1 unspecified atom stereocenters. The van der Waals surface area contributed by atoms with E-state index < -0.39 is 12.1 Å². The van der Waals surface area contributed by atoms with Crippen LogP contribution in [0, 0.1) is 0 Å². The maximum Gasteiger partial charge on any atom is 0.330 e. The molecule has 98 valence electrons. The number of hydrogen-bond acceptors (Lipinski definition) is 4. The summed E-state index contributed by atoms with van der Waals surface area (Å²) < 4.78 is 5.02. The summed E-state index contributed by atoms with van der Waals surface area (Å²) in [4.78, 5) is 22.5. The lowest BCUT2D eigenvalue weighted by Gasteiger charge is -2.16. The van der Waals surface area contributed by atoms with Crippen molar-refractivity contribution in [3.63, 3.8) is 0 Å². The van der Waals surface area contributed by atoms with Gasteiger partial charge in [0.25, 0.3) is 0 Å². The molecule has 0 bridgehead atoms. The summed E-state index contributed by atoms with van der Waals surface area (Å²) in [7, 11) is 0. The van der Waals surface area contributed by atoms with Crippen molar-refractivity contribution in [2.45, 2.75) is 38.7 Å². The molecule has 0 spiro atoms. The molecule has 0 fully saturated rings. The van der Waals surface area contributed by atoms with Crippen LogP contribution in [0.3, 0.4) is 0 Å². The van der Waals surface area contributed by atoms with Crippen LogP contribution in [0.5, 0.6) is 0 Å². The van der Waals surface area contributed by atoms with Gasteiger partial charge >= 0.3 is 5.97 Å². The minimum atomic E-state index is -0.545. The van der Waals surface area contributed by atoms with Crippen molar-refractivity contribution < 1.29 is 19.4 Å². The highest BCUT2D eigenvalue weighted by atomic mass is 16.5. The molecule has 5 heteroatoms. The second-order valence-electron chi connectivity index (χ2n) is 3.68. The van der Waals surface area contributed by atoms with Crippen LogP contribution >= 0.6 is 0 Å². The number of aliphatic hydroxyl groups excluding tert-OH is 1. The SMILES string of the molecule is C=CC(=O)OC(CCCO)CC(=O)NCCC. The Morgan fingerprint density at radius 3 is 2.76 bits per heavy atom. The van der Waals surface area contributed by atoms with Gasteiger partial charge in [-0.15, -0.1) is 0 Å². The van der Waals surface area contributed by atoms with Crippen molar-refractivity contribution in [1.29, 1.82) is 0 Å². The van der Waals surface area contributed by atoms with Gasteiger partial charge < -0.3 is 15.2 Å². The summed E-state index contributed by atoms with van der Waals surface area (Å²) in [5.74, 6) is -0.692. The lowest BCUT2D eigenvalue weighted by Crippen LogP contribution is -2.30. The summed E-state index contributed by atoms with van der Waals surface area (Å²) in [6, 6.07) is 0. The number of hydrogen-bond donors (Lipinski definition) is 2. The van der Waals surface area contributed by atoms with Crippen LogP contribution in [-0.2, 0) is 14.3 Å². The Morgan fingerprint density at radius 2 is 2.24 bits per heavy atom. The smallest absolute Gasteiger partial charge is 0.330 e. The van der Waals surface area contributed by atoms with Crippen molar-refractivity contribution in [2.24, 2.45) is 0 Å². The Balaban J connectivity index is 4.11. The van der Waals surface area contributed by atoms with Crippen LogP contribution in [0.2, 0.25) is 0 Å². The van der Waals surface area contributed by atoms with Gasteiger partial charge in [-0.2, -0.15) is 0 Å². The molecular formula is C12H21NO4. The Hall–Kier alpha value is -1.36. The first kappa shape index (κ1) is 15.6. The zero-order valence-electron chi connectivity index (χ0n) is 10.3. The molecule has 0 heterocycles. The van der Waals surface area contributed by atoms with Crippen LogP contribution in [0.15, 0.2) is 12.7 Å². The number of rotatable bonds is 9. The highest BCUT2D eigenvalue weighted by Gasteiger charge is 2.16. The minimum absolute atomic E-state index is 0.0126. The molecule has 0 aliphatic carbocycles. The third kappa shape index (κ3) is 8.45. The molecule has 0 saturated heterocycles. The molecule has 1 amide bonds. The molecule has 0 aliphatic heterocycles. The van der Waals surface area contributed by atoms with E-state index in [0.717, 1.165) is 12.5 Å². The van der Waals surface area contributed by atoms with Crippen molar-refractivity contribution in [3.05, 3.63) is 12.7 Å². The lowest BCUT2D eigenvalue weighted by molar-refractivity contribution is -0.145. The van der Waals surface area contributed by atoms with Gasteiger partial charge in [-0.05, 0) is 19.3 Å². The van der Waals surface area contributed by atoms with E-state index in [2.05, 4.69) is 11.9 Å². The second-order valence-corrected chi connectivity index (χ2v) is 3.68. The third-order valence-electron chi connectivity index (χ3n) is 2.12. The van der Waals surface area contributed by atoms with E-state index in [-0.39, 0.29) is 18.9 Å². The number of aliphatic hydroxyl groups is 1.